The maximum Gasteiger partial charge on any atom is 0.165 e. The highest BCUT2D eigenvalue weighted by atomic mass is 15.2. The number of hydrogen-bond donors (Lipinski definition) is 0. The van der Waals surface area contributed by atoms with Crippen LogP contribution in [0.5, 0.6) is 0 Å². The van der Waals surface area contributed by atoms with E-state index in [1.54, 1.807) is 0 Å². The summed E-state index contributed by atoms with van der Waals surface area (Å²) >= 11 is 0. The molecular formula is C77H48N6. The van der Waals surface area contributed by atoms with E-state index in [2.05, 4.69) is 287 Å². The Balaban J connectivity index is 1.10. The molecule has 0 fully saturated rings. The largest absolute Gasteiger partial charge is 0.305 e. The Morgan fingerprint density at radius 1 is 0.289 bits per heavy atom. The van der Waals surface area contributed by atoms with Crippen LogP contribution in [0.2, 0.25) is 0 Å². The zero-order chi connectivity index (χ0) is 55.0. The van der Waals surface area contributed by atoms with Crippen molar-refractivity contribution >= 4 is 65.4 Å². The van der Waals surface area contributed by atoms with E-state index in [1.165, 1.54) is 0 Å². The Morgan fingerprint density at radius 3 is 1.19 bits per heavy atom. The smallest absolute Gasteiger partial charge is 0.165 e. The third-order valence-electron chi connectivity index (χ3n) is 16.5. The zero-order valence-electron chi connectivity index (χ0n) is 44.9. The van der Waals surface area contributed by atoms with E-state index < -0.39 is 0 Å². The van der Waals surface area contributed by atoms with Gasteiger partial charge in [0.1, 0.15) is 5.82 Å². The summed E-state index contributed by atoms with van der Waals surface area (Å²) < 4.78 is 7.15. The molecule has 0 radical (unpaired) electrons. The van der Waals surface area contributed by atoms with Gasteiger partial charge in [0.05, 0.1) is 56.1 Å². The molecule has 83 heavy (non-hydrogen) atoms. The van der Waals surface area contributed by atoms with Crippen molar-refractivity contribution in [3.63, 3.8) is 0 Å². The summed E-state index contributed by atoms with van der Waals surface area (Å²) in [5.74, 6) is 1.46. The molecule has 5 aromatic heterocycles. The van der Waals surface area contributed by atoms with Crippen molar-refractivity contribution < 1.29 is 0 Å². The van der Waals surface area contributed by atoms with Gasteiger partial charge in [0, 0.05) is 49.6 Å². The van der Waals surface area contributed by atoms with E-state index in [9.17, 15) is 5.26 Å². The number of aromatic nitrogens is 5. The molecule has 0 saturated carbocycles. The fraction of sp³-hybridized carbons (Fsp3) is 0. The molecule has 0 atom stereocenters. The molecule has 11 aromatic carbocycles. The average Bonchev–Trinajstić information content (AvgIpc) is 2.32. The van der Waals surface area contributed by atoms with Crippen molar-refractivity contribution in [2.24, 2.45) is 0 Å². The SMILES string of the molecule is N#Cc1ccc2c(c1)c1ccccc1n2-c1nc(-n2c3ccc(-c4ccccc4)cc3c3cc(-c4ccccc4)ccc32)cc(-c2ccccc2-c2ccccn2)c1-n1c2ccc(-c3ccccc3)cc2c2cc(-c3ccccc3)ccc21. The van der Waals surface area contributed by atoms with Crippen LogP contribution in [-0.2, 0) is 0 Å². The molecule has 6 heteroatoms. The molecule has 0 aliphatic carbocycles. The summed E-state index contributed by atoms with van der Waals surface area (Å²) in [6.07, 6.45) is 1.87. The van der Waals surface area contributed by atoms with Crippen molar-refractivity contribution in [1.29, 1.82) is 5.26 Å². The molecular weight excluding hydrogens is 1010 g/mol. The number of fused-ring (bicyclic) bond motifs is 9. The summed E-state index contributed by atoms with van der Waals surface area (Å²) in [5, 5.41) is 16.9. The van der Waals surface area contributed by atoms with Crippen LogP contribution in [0.4, 0.5) is 0 Å². The van der Waals surface area contributed by atoms with E-state index in [1.807, 2.05) is 24.4 Å². The van der Waals surface area contributed by atoms with E-state index >= 15 is 0 Å². The highest BCUT2D eigenvalue weighted by Crippen LogP contribution is 2.47. The van der Waals surface area contributed by atoms with Gasteiger partial charge < -0.3 is 4.57 Å². The number of benzene rings is 11. The molecule has 6 nitrogen and oxygen atoms in total. The van der Waals surface area contributed by atoms with Crippen LogP contribution < -0.4 is 0 Å². The van der Waals surface area contributed by atoms with Crippen LogP contribution in [0.15, 0.2) is 291 Å². The Labute approximate surface area is 478 Å². The van der Waals surface area contributed by atoms with E-state index in [-0.39, 0.29) is 0 Å². The number of pyridine rings is 2. The first-order chi connectivity index (χ1) is 41.1. The van der Waals surface area contributed by atoms with Gasteiger partial charge >= 0.3 is 0 Å². The van der Waals surface area contributed by atoms with Gasteiger partial charge in [0.2, 0.25) is 0 Å². The highest BCUT2D eigenvalue weighted by Gasteiger charge is 2.28. The Bertz CT molecular complexity index is 5050. The number of para-hydroxylation sites is 1. The quantitative estimate of drug-likeness (QED) is 0.145. The molecule has 0 aliphatic rings. The first-order valence-electron chi connectivity index (χ1n) is 28.0. The molecule has 16 rings (SSSR count). The fourth-order valence-corrected chi connectivity index (χ4v) is 12.7. The normalized spacial score (nSPS) is 11.6. The molecule has 0 aliphatic heterocycles. The predicted molar refractivity (Wildman–Crippen MR) is 342 cm³/mol. The second kappa shape index (κ2) is 19.5. The first kappa shape index (κ1) is 47.6. The van der Waals surface area contributed by atoms with E-state index in [0.717, 1.165) is 150 Å². The standard InChI is InChI=1S/C77H48N6/c78-49-50-32-37-74-62(43-50)61-29-15-16-31-69(61)83(74)77-76(82-72-40-35-57(53-23-9-3-10-24-53)46-65(72)66-47-58(36-41-73(66)82)54-25-11-4-12-26-54)67(59-27-13-14-28-60(59)68-30-17-18-42-79-68)48-75(80-77)81-70-38-33-55(51-19-5-1-6-20-51)44-63(70)64-45-56(34-39-71(64)81)52-21-7-2-8-22-52/h1-48H. The highest BCUT2D eigenvalue weighted by molar-refractivity contribution is 6.15. The van der Waals surface area contributed by atoms with Crippen LogP contribution in [0.25, 0.3) is 150 Å². The molecule has 0 spiro atoms. The van der Waals surface area contributed by atoms with Crippen LogP contribution >= 0.6 is 0 Å². The van der Waals surface area contributed by atoms with Crippen LogP contribution in [-0.4, -0.2) is 23.7 Å². The van der Waals surface area contributed by atoms with Gasteiger partial charge in [-0.05, 0) is 141 Å². The molecule has 0 saturated heterocycles. The van der Waals surface area contributed by atoms with Crippen molar-refractivity contribution in [1.82, 2.24) is 23.7 Å². The van der Waals surface area contributed by atoms with Gasteiger partial charge in [0.25, 0.3) is 0 Å². The first-order valence-corrected chi connectivity index (χ1v) is 28.0. The fourth-order valence-electron chi connectivity index (χ4n) is 12.7. The van der Waals surface area contributed by atoms with Gasteiger partial charge in [0.15, 0.2) is 5.82 Å². The van der Waals surface area contributed by atoms with Gasteiger partial charge in [-0.1, -0.05) is 194 Å². The van der Waals surface area contributed by atoms with Crippen LogP contribution in [0.1, 0.15) is 5.56 Å². The van der Waals surface area contributed by atoms with E-state index in [0.29, 0.717) is 5.56 Å². The molecule has 386 valence electrons. The monoisotopic (exact) mass is 1060 g/mol. The number of hydrogen-bond acceptors (Lipinski definition) is 3. The third kappa shape index (κ3) is 7.86. The van der Waals surface area contributed by atoms with Crippen molar-refractivity contribution in [3.05, 3.63) is 297 Å². The van der Waals surface area contributed by atoms with Gasteiger partial charge in [-0.2, -0.15) is 5.26 Å². The number of nitrogens with zero attached hydrogens (tertiary/aromatic N) is 6. The topological polar surface area (TPSA) is 64.4 Å². The van der Waals surface area contributed by atoms with Crippen LogP contribution in [0, 0.1) is 11.3 Å². The summed E-state index contributed by atoms with van der Waals surface area (Å²) in [6.45, 7) is 0. The lowest BCUT2D eigenvalue weighted by atomic mass is 9.95. The Morgan fingerprint density at radius 2 is 0.699 bits per heavy atom. The maximum atomic E-state index is 10.4. The van der Waals surface area contributed by atoms with Gasteiger partial charge in [-0.15, -0.1) is 0 Å². The summed E-state index contributed by atoms with van der Waals surface area (Å²) in [7, 11) is 0. The van der Waals surface area contributed by atoms with Gasteiger partial charge in [-0.25, -0.2) is 4.98 Å². The second-order valence-electron chi connectivity index (χ2n) is 21.2. The number of nitriles is 1. The van der Waals surface area contributed by atoms with E-state index in [4.69, 9.17) is 9.97 Å². The predicted octanol–water partition coefficient (Wildman–Crippen LogP) is 19.6. The molecule has 16 aromatic rings. The lowest BCUT2D eigenvalue weighted by molar-refractivity contribution is 0.985. The summed E-state index contributed by atoms with van der Waals surface area (Å²) in [6, 6.07) is 104. The Hall–Kier alpha value is -11.4. The summed E-state index contributed by atoms with van der Waals surface area (Å²) in [5.41, 5.74) is 20.4. The zero-order valence-corrected chi connectivity index (χ0v) is 44.9. The molecule has 0 unspecified atom stereocenters. The minimum absolute atomic E-state index is 0.591. The average molecular weight is 1060 g/mol. The minimum atomic E-state index is 0.591. The minimum Gasteiger partial charge on any atom is -0.305 e. The maximum absolute atomic E-state index is 10.4. The van der Waals surface area contributed by atoms with Crippen LogP contribution in [0.3, 0.4) is 0 Å². The molecule has 0 N–H and O–H groups in total. The second-order valence-corrected chi connectivity index (χ2v) is 21.2. The molecule has 0 bridgehead atoms. The number of rotatable bonds is 9. The third-order valence-corrected chi connectivity index (χ3v) is 16.5. The van der Waals surface area contributed by atoms with Gasteiger partial charge in [-0.3, -0.25) is 14.1 Å². The van der Waals surface area contributed by atoms with Crippen molar-refractivity contribution in [2.45, 2.75) is 0 Å². The Kier molecular flexibility index (Phi) is 11.2. The van der Waals surface area contributed by atoms with Crippen molar-refractivity contribution in [2.75, 3.05) is 0 Å². The molecule has 0 amide bonds. The lowest BCUT2D eigenvalue weighted by Gasteiger charge is -2.23. The molecule has 5 heterocycles. The lowest BCUT2D eigenvalue weighted by Crippen LogP contribution is -2.11. The van der Waals surface area contributed by atoms with Crippen molar-refractivity contribution in [3.8, 4) is 90.3 Å². The summed E-state index contributed by atoms with van der Waals surface area (Å²) in [4.78, 5) is 11.2.